The summed E-state index contributed by atoms with van der Waals surface area (Å²) in [4.78, 5) is 15.2. The van der Waals surface area contributed by atoms with E-state index in [1.54, 1.807) is 0 Å². The minimum atomic E-state index is 0.824. The van der Waals surface area contributed by atoms with Gasteiger partial charge in [0.25, 0.3) is 0 Å². The molecule has 0 aromatic carbocycles. The lowest BCUT2D eigenvalue weighted by atomic mass is 10.0. The molecule has 1 N–H and O–H groups in total. The highest BCUT2D eigenvalue weighted by atomic mass is 32.1. The Kier molecular flexibility index (Phi) is 4.19. The van der Waals surface area contributed by atoms with Gasteiger partial charge in [-0.15, -0.1) is 11.3 Å². The van der Waals surface area contributed by atoms with Crippen LogP contribution in [-0.2, 0) is 19.3 Å². The van der Waals surface area contributed by atoms with Gasteiger partial charge in [-0.05, 0) is 46.5 Å². The molecule has 0 saturated heterocycles. The number of anilines is 1. The molecule has 0 radical (unpaired) electrons. The highest BCUT2D eigenvalue weighted by Crippen LogP contribution is 2.27. The zero-order chi connectivity index (χ0) is 14.8. The molecule has 3 rings (SSSR count). The van der Waals surface area contributed by atoms with Gasteiger partial charge in [-0.1, -0.05) is 0 Å². The quantitative estimate of drug-likeness (QED) is 0.940. The van der Waals surface area contributed by atoms with Crippen molar-refractivity contribution in [3.05, 3.63) is 32.7 Å². The van der Waals surface area contributed by atoms with Crippen molar-refractivity contribution in [2.45, 2.75) is 52.9 Å². The van der Waals surface area contributed by atoms with Crippen molar-refractivity contribution in [3.63, 3.8) is 0 Å². The summed E-state index contributed by atoms with van der Waals surface area (Å²) in [7, 11) is 0. The summed E-state index contributed by atoms with van der Waals surface area (Å²) in [5, 5.41) is 4.70. The third-order valence-electron chi connectivity index (χ3n) is 4.02. The number of hydrogen-bond donors (Lipinski definition) is 1. The molecule has 2 heterocycles. The Morgan fingerprint density at radius 3 is 2.67 bits per heavy atom. The summed E-state index contributed by atoms with van der Waals surface area (Å²) >= 11 is 1.90. The Balaban J connectivity index is 1.62. The monoisotopic (exact) mass is 302 g/mol. The van der Waals surface area contributed by atoms with E-state index in [0.717, 1.165) is 35.9 Å². The number of aryl methyl sites for hydroxylation is 4. The van der Waals surface area contributed by atoms with Gasteiger partial charge in [-0.3, -0.25) is 0 Å². The normalized spacial score (nSPS) is 14.0. The molecular weight excluding hydrogens is 280 g/mol. The lowest BCUT2D eigenvalue weighted by Gasteiger charge is -2.10. The predicted octanol–water partition coefficient (Wildman–Crippen LogP) is 3.39. The summed E-state index contributed by atoms with van der Waals surface area (Å²) in [5.41, 5.74) is 3.54. The second-order valence-electron chi connectivity index (χ2n) is 5.69. The standard InChI is InChI=1S/C16H22N4S/c1-10-11(2)18-12(3)19-16(10)17-9-8-15-20-13-6-4-5-7-14(13)21-15/h4-9H2,1-3H3,(H,17,18,19). The van der Waals surface area contributed by atoms with Crippen LogP contribution in [0, 0.1) is 20.8 Å². The molecule has 0 unspecified atom stereocenters. The smallest absolute Gasteiger partial charge is 0.132 e. The zero-order valence-electron chi connectivity index (χ0n) is 13.0. The fourth-order valence-corrected chi connectivity index (χ4v) is 3.90. The van der Waals surface area contributed by atoms with Crippen LogP contribution in [0.2, 0.25) is 0 Å². The number of nitrogens with zero attached hydrogens (tertiary/aromatic N) is 3. The molecule has 0 spiro atoms. The summed E-state index contributed by atoms with van der Waals surface area (Å²) in [6.45, 7) is 6.92. The topological polar surface area (TPSA) is 50.7 Å². The lowest BCUT2D eigenvalue weighted by molar-refractivity contribution is 0.680. The molecule has 0 atom stereocenters. The molecular formula is C16H22N4S. The largest absolute Gasteiger partial charge is 0.369 e. The maximum Gasteiger partial charge on any atom is 0.132 e. The summed E-state index contributed by atoms with van der Waals surface area (Å²) < 4.78 is 0. The second kappa shape index (κ2) is 6.10. The van der Waals surface area contributed by atoms with Crippen molar-refractivity contribution < 1.29 is 0 Å². The van der Waals surface area contributed by atoms with Gasteiger partial charge in [0.05, 0.1) is 10.7 Å². The van der Waals surface area contributed by atoms with Crippen molar-refractivity contribution in [1.29, 1.82) is 0 Å². The van der Waals surface area contributed by atoms with Crippen LogP contribution in [0.4, 0.5) is 5.82 Å². The van der Waals surface area contributed by atoms with Crippen LogP contribution in [0.5, 0.6) is 0 Å². The molecule has 0 amide bonds. The van der Waals surface area contributed by atoms with Gasteiger partial charge in [0, 0.05) is 29.1 Å². The molecule has 1 aliphatic carbocycles. The highest BCUT2D eigenvalue weighted by molar-refractivity contribution is 7.11. The number of aromatic nitrogens is 3. The van der Waals surface area contributed by atoms with Crippen molar-refractivity contribution in [3.8, 4) is 0 Å². The minimum absolute atomic E-state index is 0.824. The summed E-state index contributed by atoms with van der Waals surface area (Å²) in [5.74, 6) is 1.78. The molecule has 0 aliphatic heterocycles. The summed E-state index contributed by atoms with van der Waals surface area (Å²) in [6, 6.07) is 0. The molecule has 0 bridgehead atoms. The SMILES string of the molecule is Cc1nc(C)c(C)c(NCCc2nc3c(s2)CCCC3)n1. The molecule has 2 aromatic heterocycles. The van der Waals surface area contributed by atoms with E-state index in [1.807, 2.05) is 25.2 Å². The molecule has 112 valence electrons. The van der Waals surface area contributed by atoms with Crippen LogP contribution in [0.25, 0.3) is 0 Å². The average Bonchev–Trinajstić information content (AvgIpc) is 2.86. The molecule has 4 nitrogen and oxygen atoms in total. The van der Waals surface area contributed by atoms with Crippen molar-refractivity contribution >= 4 is 17.2 Å². The second-order valence-corrected chi connectivity index (χ2v) is 6.86. The first kappa shape index (κ1) is 14.4. The Labute approximate surface area is 130 Å². The molecule has 0 fully saturated rings. The van der Waals surface area contributed by atoms with Crippen LogP contribution < -0.4 is 5.32 Å². The molecule has 5 heteroatoms. The molecule has 2 aromatic rings. The first-order chi connectivity index (χ1) is 10.1. The third kappa shape index (κ3) is 3.23. The van der Waals surface area contributed by atoms with Crippen LogP contribution in [0.1, 0.15) is 45.5 Å². The molecule has 1 aliphatic rings. The number of hydrogen-bond acceptors (Lipinski definition) is 5. The van der Waals surface area contributed by atoms with Crippen molar-refractivity contribution in [2.75, 3.05) is 11.9 Å². The summed E-state index contributed by atoms with van der Waals surface area (Å²) in [6.07, 6.45) is 5.99. The van der Waals surface area contributed by atoms with E-state index >= 15 is 0 Å². The lowest BCUT2D eigenvalue weighted by Crippen LogP contribution is -2.10. The highest BCUT2D eigenvalue weighted by Gasteiger charge is 2.14. The number of nitrogens with one attached hydrogen (secondary N) is 1. The van der Waals surface area contributed by atoms with Crippen LogP contribution in [0.15, 0.2) is 0 Å². The maximum atomic E-state index is 4.79. The van der Waals surface area contributed by atoms with Gasteiger partial charge in [-0.2, -0.15) is 0 Å². The average molecular weight is 302 g/mol. The van der Waals surface area contributed by atoms with E-state index < -0.39 is 0 Å². The fourth-order valence-electron chi connectivity index (χ4n) is 2.74. The van der Waals surface area contributed by atoms with Crippen LogP contribution in [0.3, 0.4) is 0 Å². The van der Waals surface area contributed by atoms with E-state index in [1.165, 1.54) is 41.3 Å². The van der Waals surface area contributed by atoms with Crippen LogP contribution >= 0.6 is 11.3 Å². The van der Waals surface area contributed by atoms with Gasteiger partial charge in [0.2, 0.25) is 0 Å². The first-order valence-corrected chi connectivity index (χ1v) is 8.48. The van der Waals surface area contributed by atoms with Gasteiger partial charge in [-0.25, -0.2) is 15.0 Å². The van der Waals surface area contributed by atoms with Gasteiger partial charge < -0.3 is 5.32 Å². The van der Waals surface area contributed by atoms with Crippen molar-refractivity contribution in [2.24, 2.45) is 0 Å². The van der Waals surface area contributed by atoms with E-state index in [-0.39, 0.29) is 0 Å². The molecule has 0 saturated carbocycles. The fraction of sp³-hybridized carbons (Fsp3) is 0.562. The van der Waals surface area contributed by atoms with E-state index in [0.29, 0.717) is 0 Å². The van der Waals surface area contributed by atoms with Gasteiger partial charge in [0.15, 0.2) is 0 Å². The Morgan fingerprint density at radius 2 is 1.86 bits per heavy atom. The third-order valence-corrected chi connectivity index (χ3v) is 5.24. The molecule has 21 heavy (non-hydrogen) atoms. The van der Waals surface area contributed by atoms with Gasteiger partial charge >= 0.3 is 0 Å². The number of rotatable bonds is 4. The van der Waals surface area contributed by atoms with Gasteiger partial charge in [0.1, 0.15) is 11.6 Å². The maximum absolute atomic E-state index is 4.79. The zero-order valence-corrected chi connectivity index (χ0v) is 13.8. The van der Waals surface area contributed by atoms with E-state index in [4.69, 9.17) is 4.98 Å². The first-order valence-electron chi connectivity index (χ1n) is 7.66. The van der Waals surface area contributed by atoms with E-state index in [2.05, 4.69) is 22.2 Å². The minimum Gasteiger partial charge on any atom is -0.369 e. The Bertz CT molecular complexity index is 624. The van der Waals surface area contributed by atoms with Crippen LogP contribution in [-0.4, -0.2) is 21.5 Å². The van der Waals surface area contributed by atoms with Crippen molar-refractivity contribution in [1.82, 2.24) is 15.0 Å². The Hall–Kier alpha value is -1.49. The number of fused-ring (bicyclic) bond motifs is 1. The number of thiazole rings is 1. The Morgan fingerprint density at radius 1 is 1.05 bits per heavy atom. The van der Waals surface area contributed by atoms with E-state index in [9.17, 15) is 0 Å². The predicted molar refractivity (Wildman–Crippen MR) is 87.2 cm³/mol.